The molecule has 0 heterocycles. The summed E-state index contributed by atoms with van der Waals surface area (Å²) in [5.74, 6) is -1.28. The van der Waals surface area contributed by atoms with Crippen molar-refractivity contribution < 1.29 is 19.2 Å². The minimum Gasteiger partial charge on any atom is -0.452 e. The molecule has 0 saturated carbocycles. The average Bonchev–Trinajstić information content (AvgIpc) is 2.51. The maximum atomic E-state index is 12.0. The lowest BCUT2D eigenvalue weighted by Gasteiger charge is -2.08. The Morgan fingerprint density at radius 3 is 2.32 bits per heavy atom. The van der Waals surface area contributed by atoms with Crippen molar-refractivity contribution in [3.05, 3.63) is 68.8 Å². The molecule has 0 radical (unpaired) electrons. The number of nitrogens with one attached hydrogen (secondary N) is 1. The van der Waals surface area contributed by atoms with Crippen LogP contribution in [-0.4, -0.2) is 23.4 Å². The monoisotopic (exact) mass is 342 g/mol. The maximum absolute atomic E-state index is 12.0. The van der Waals surface area contributed by atoms with E-state index in [0.29, 0.717) is 11.3 Å². The molecule has 2 aromatic rings. The molecule has 25 heavy (non-hydrogen) atoms. The summed E-state index contributed by atoms with van der Waals surface area (Å²) in [4.78, 5) is 34.2. The second-order valence-corrected chi connectivity index (χ2v) is 5.76. The van der Waals surface area contributed by atoms with E-state index in [1.54, 1.807) is 19.1 Å². The summed E-state index contributed by atoms with van der Waals surface area (Å²) < 4.78 is 4.92. The molecule has 0 spiro atoms. The Kier molecular flexibility index (Phi) is 5.49. The number of nitro groups is 1. The van der Waals surface area contributed by atoms with Crippen molar-refractivity contribution in [2.24, 2.45) is 0 Å². The quantitative estimate of drug-likeness (QED) is 0.510. The van der Waals surface area contributed by atoms with Gasteiger partial charge in [-0.05, 0) is 50.1 Å². The molecule has 1 amide bonds. The van der Waals surface area contributed by atoms with Gasteiger partial charge in [0.25, 0.3) is 11.6 Å². The first kappa shape index (κ1) is 18.1. The van der Waals surface area contributed by atoms with E-state index in [0.717, 1.165) is 17.2 Å². The number of amides is 1. The first-order valence-electron chi connectivity index (χ1n) is 7.56. The minimum absolute atomic E-state index is 0.0245. The third-order valence-electron chi connectivity index (χ3n) is 3.48. The molecule has 0 aliphatic carbocycles. The van der Waals surface area contributed by atoms with Crippen LogP contribution < -0.4 is 5.32 Å². The van der Waals surface area contributed by atoms with E-state index in [2.05, 4.69) is 5.32 Å². The lowest BCUT2D eigenvalue weighted by molar-refractivity contribution is -0.385. The van der Waals surface area contributed by atoms with E-state index >= 15 is 0 Å². The summed E-state index contributed by atoms with van der Waals surface area (Å²) in [5.41, 5.74) is 2.91. The highest BCUT2D eigenvalue weighted by molar-refractivity contribution is 5.95. The lowest BCUT2D eigenvalue weighted by atomic mass is 10.1. The first-order valence-corrected chi connectivity index (χ1v) is 7.56. The van der Waals surface area contributed by atoms with Gasteiger partial charge in [-0.2, -0.15) is 0 Å². The van der Waals surface area contributed by atoms with E-state index in [1.165, 1.54) is 12.1 Å². The van der Waals surface area contributed by atoms with Crippen molar-refractivity contribution in [1.82, 2.24) is 0 Å². The molecule has 0 aliphatic rings. The van der Waals surface area contributed by atoms with Crippen molar-refractivity contribution in [3.8, 4) is 0 Å². The Labute approximate surface area is 144 Å². The Balaban J connectivity index is 1.98. The fourth-order valence-corrected chi connectivity index (χ4v) is 2.39. The number of carbonyl (C=O) groups excluding carboxylic acids is 2. The zero-order valence-corrected chi connectivity index (χ0v) is 14.2. The highest BCUT2D eigenvalue weighted by atomic mass is 16.6. The largest absolute Gasteiger partial charge is 0.452 e. The van der Waals surface area contributed by atoms with E-state index < -0.39 is 23.4 Å². The summed E-state index contributed by atoms with van der Waals surface area (Å²) >= 11 is 0. The zero-order valence-electron chi connectivity index (χ0n) is 14.2. The summed E-state index contributed by atoms with van der Waals surface area (Å²) in [6.45, 7) is 4.91. The maximum Gasteiger partial charge on any atom is 0.338 e. The minimum atomic E-state index is -0.793. The number of nitrogens with zero attached hydrogens (tertiary/aromatic N) is 1. The van der Waals surface area contributed by atoms with Gasteiger partial charge in [0.05, 0.1) is 10.5 Å². The van der Waals surface area contributed by atoms with Crippen LogP contribution in [0.1, 0.15) is 27.0 Å². The second kappa shape index (κ2) is 7.57. The summed E-state index contributed by atoms with van der Waals surface area (Å²) in [7, 11) is 0. The summed E-state index contributed by atoms with van der Waals surface area (Å²) in [5, 5.41) is 13.6. The van der Waals surface area contributed by atoms with Crippen LogP contribution in [-0.2, 0) is 9.53 Å². The standard InChI is InChI=1S/C18H18N2O5/c1-11-6-12(2)8-15(7-11)19-17(21)10-25-18(22)14-5-4-13(3)16(9-14)20(23)24/h4-9H,10H2,1-3H3,(H,19,21). The molecule has 130 valence electrons. The predicted molar refractivity (Wildman–Crippen MR) is 92.7 cm³/mol. The molecule has 1 N–H and O–H groups in total. The molecule has 0 bridgehead atoms. The van der Waals surface area contributed by atoms with Crippen LogP contribution in [0.2, 0.25) is 0 Å². The Hall–Kier alpha value is -3.22. The van der Waals surface area contributed by atoms with Crippen LogP contribution in [0.25, 0.3) is 0 Å². The molecule has 7 heteroatoms. The van der Waals surface area contributed by atoms with Gasteiger partial charge in [-0.1, -0.05) is 12.1 Å². The van der Waals surface area contributed by atoms with Gasteiger partial charge < -0.3 is 10.1 Å². The number of hydrogen-bond acceptors (Lipinski definition) is 5. The number of aryl methyl sites for hydroxylation is 3. The molecule has 0 unspecified atom stereocenters. The van der Waals surface area contributed by atoms with Gasteiger partial charge in [0.2, 0.25) is 0 Å². The Morgan fingerprint density at radius 2 is 1.72 bits per heavy atom. The average molecular weight is 342 g/mol. The topological polar surface area (TPSA) is 98.5 Å². The molecule has 0 fully saturated rings. The van der Waals surface area contributed by atoms with E-state index in [1.807, 2.05) is 19.9 Å². The molecular weight excluding hydrogens is 324 g/mol. The number of hydrogen-bond donors (Lipinski definition) is 1. The van der Waals surface area contributed by atoms with Gasteiger partial charge in [0, 0.05) is 17.3 Å². The third-order valence-corrected chi connectivity index (χ3v) is 3.48. The van der Waals surface area contributed by atoms with Gasteiger partial charge in [0.1, 0.15) is 0 Å². The Bertz CT molecular complexity index is 825. The van der Waals surface area contributed by atoms with Crippen molar-refractivity contribution >= 4 is 23.3 Å². The van der Waals surface area contributed by atoms with Gasteiger partial charge in [-0.3, -0.25) is 14.9 Å². The molecule has 2 rings (SSSR count). The van der Waals surface area contributed by atoms with Crippen molar-refractivity contribution in [2.75, 3.05) is 11.9 Å². The van der Waals surface area contributed by atoms with Gasteiger partial charge in [0.15, 0.2) is 6.61 Å². The van der Waals surface area contributed by atoms with Gasteiger partial charge in [-0.25, -0.2) is 4.79 Å². The first-order chi connectivity index (χ1) is 11.8. The molecule has 7 nitrogen and oxygen atoms in total. The van der Waals surface area contributed by atoms with E-state index in [-0.39, 0.29) is 11.3 Å². The third kappa shape index (κ3) is 4.87. The van der Waals surface area contributed by atoms with Crippen LogP contribution in [0.3, 0.4) is 0 Å². The molecular formula is C18H18N2O5. The zero-order chi connectivity index (χ0) is 18.6. The highest BCUT2D eigenvalue weighted by Crippen LogP contribution is 2.20. The van der Waals surface area contributed by atoms with Crippen LogP contribution >= 0.6 is 0 Å². The van der Waals surface area contributed by atoms with Crippen LogP contribution in [0.4, 0.5) is 11.4 Å². The summed E-state index contributed by atoms with van der Waals surface area (Å²) in [6.07, 6.45) is 0. The number of esters is 1. The van der Waals surface area contributed by atoms with Crippen molar-refractivity contribution in [1.29, 1.82) is 0 Å². The number of anilines is 1. The summed E-state index contributed by atoms with van der Waals surface area (Å²) in [6, 6.07) is 9.60. The number of ether oxygens (including phenoxy) is 1. The van der Waals surface area contributed by atoms with E-state index in [4.69, 9.17) is 4.74 Å². The smallest absolute Gasteiger partial charge is 0.338 e. The van der Waals surface area contributed by atoms with Crippen LogP contribution in [0, 0.1) is 30.9 Å². The van der Waals surface area contributed by atoms with Crippen LogP contribution in [0.15, 0.2) is 36.4 Å². The lowest BCUT2D eigenvalue weighted by Crippen LogP contribution is -2.21. The fraction of sp³-hybridized carbons (Fsp3) is 0.222. The molecule has 0 saturated heterocycles. The number of rotatable bonds is 5. The number of benzene rings is 2. The van der Waals surface area contributed by atoms with Crippen molar-refractivity contribution in [3.63, 3.8) is 0 Å². The normalized spacial score (nSPS) is 10.2. The number of nitro benzene ring substituents is 1. The van der Waals surface area contributed by atoms with Gasteiger partial charge >= 0.3 is 5.97 Å². The second-order valence-electron chi connectivity index (χ2n) is 5.76. The molecule has 2 aromatic carbocycles. The molecule has 0 aliphatic heterocycles. The Morgan fingerprint density at radius 1 is 1.08 bits per heavy atom. The van der Waals surface area contributed by atoms with Crippen molar-refractivity contribution in [2.45, 2.75) is 20.8 Å². The molecule has 0 atom stereocenters. The fourth-order valence-electron chi connectivity index (χ4n) is 2.39. The van der Waals surface area contributed by atoms with E-state index in [9.17, 15) is 19.7 Å². The number of carbonyl (C=O) groups is 2. The molecule has 0 aromatic heterocycles. The van der Waals surface area contributed by atoms with Crippen LogP contribution in [0.5, 0.6) is 0 Å². The van der Waals surface area contributed by atoms with Gasteiger partial charge in [-0.15, -0.1) is 0 Å². The highest BCUT2D eigenvalue weighted by Gasteiger charge is 2.17. The predicted octanol–water partition coefficient (Wildman–Crippen LogP) is 3.32. The SMILES string of the molecule is Cc1cc(C)cc(NC(=O)COC(=O)c2ccc(C)c([N+](=O)[O-])c2)c1.